The number of Topliss-reactive ketones (excluding diaryl/α,β-unsaturated/α-hetero) is 1. The summed E-state index contributed by atoms with van der Waals surface area (Å²) < 4.78 is 7.60. The number of hydrogen-bond donors (Lipinski definition) is 2. The second kappa shape index (κ2) is 9.37. The molecule has 0 radical (unpaired) electrons. The number of carboxylic acids is 1. The summed E-state index contributed by atoms with van der Waals surface area (Å²) >= 11 is 1.67. The van der Waals surface area contributed by atoms with E-state index in [1.165, 1.54) is 4.88 Å². The summed E-state index contributed by atoms with van der Waals surface area (Å²) in [6.45, 7) is 1.48. The van der Waals surface area contributed by atoms with Gasteiger partial charge in [-0.15, -0.1) is 11.3 Å². The Labute approximate surface area is 218 Å². The van der Waals surface area contributed by atoms with Crippen LogP contribution in [0.2, 0.25) is 0 Å². The average Bonchev–Trinajstić information content (AvgIpc) is 3.56. The number of benzene rings is 2. The first-order valence-electron chi connectivity index (χ1n) is 12.2. The number of allylic oxidation sites excluding steroid dienone is 2. The molecule has 1 aliphatic carbocycles. The zero-order chi connectivity index (χ0) is 25.5. The number of carboxylic acid groups (broad SMARTS) is 1. The maximum Gasteiger partial charge on any atom is 0.341 e. The Morgan fingerprint density at radius 2 is 1.89 bits per heavy atom. The van der Waals surface area contributed by atoms with Crippen LogP contribution in [-0.4, -0.2) is 33.2 Å². The number of ketones is 1. The first-order valence-corrected chi connectivity index (χ1v) is 13.0. The summed E-state index contributed by atoms with van der Waals surface area (Å²) in [7, 11) is 0. The van der Waals surface area contributed by atoms with Crippen LogP contribution in [0.5, 0.6) is 5.75 Å². The van der Waals surface area contributed by atoms with Crippen LogP contribution in [0.3, 0.4) is 0 Å². The molecule has 0 bridgehead atoms. The SMILES string of the molecule is Cc1nn(-c2ccccc2)c2c1C(c1ccccc1OCC(=O)O)C1=C(CC(c3cccs3)CC1=O)N2. The Bertz CT molecular complexity index is 1520. The van der Waals surface area contributed by atoms with Crippen LogP contribution in [0.25, 0.3) is 5.69 Å². The highest BCUT2D eigenvalue weighted by atomic mass is 32.1. The summed E-state index contributed by atoms with van der Waals surface area (Å²) in [5, 5.41) is 19.8. The molecule has 2 atom stereocenters. The maximum absolute atomic E-state index is 13.8. The quantitative estimate of drug-likeness (QED) is 0.347. The smallest absolute Gasteiger partial charge is 0.341 e. The molecule has 4 aromatic rings. The largest absolute Gasteiger partial charge is 0.482 e. The number of fused-ring (bicyclic) bond motifs is 1. The second-order valence-corrected chi connectivity index (χ2v) is 10.3. The minimum Gasteiger partial charge on any atom is -0.482 e. The number of aryl methyl sites for hydroxylation is 1. The molecule has 3 heterocycles. The van der Waals surface area contributed by atoms with E-state index in [-0.39, 0.29) is 11.7 Å². The molecule has 37 heavy (non-hydrogen) atoms. The fourth-order valence-corrected chi connectivity index (χ4v) is 6.29. The van der Waals surface area contributed by atoms with Gasteiger partial charge in [-0.1, -0.05) is 42.5 Å². The molecule has 8 heteroatoms. The number of aliphatic carboxylic acids is 1. The van der Waals surface area contributed by atoms with E-state index < -0.39 is 18.5 Å². The van der Waals surface area contributed by atoms with Crippen LogP contribution >= 0.6 is 11.3 Å². The zero-order valence-corrected chi connectivity index (χ0v) is 21.0. The monoisotopic (exact) mass is 511 g/mol. The van der Waals surface area contributed by atoms with Gasteiger partial charge in [-0.25, -0.2) is 9.48 Å². The Kier molecular flexibility index (Phi) is 5.88. The van der Waals surface area contributed by atoms with Crippen molar-refractivity contribution in [3.8, 4) is 11.4 Å². The Morgan fingerprint density at radius 1 is 1.11 bits per heavy atom. The van der Waals surface area contributed by atoms with Crippen molar-refractivity contribution < 1.29 is 19.4 Å². The highest BCUT2D eigenvalue weighted by Gasteiger charge is 2.42. The second-order valence-electron chi connectivity index (χ2n) is 9.31. The van der Waals surface area contributed by atoms with Gasteiger partial charge < -0.3 is 15.2 Å². The number of anilines is 1. The number of nitrogens with zero attached hydrogens (tertiary/aromatic N) is 2. The molecule has 0 fully saturated rings. The summed E-state index contributed by atoms with van der Waals surface area (Å²) in [6.07, 6.45) is 1.13. The van der Waals surface area contributed by atoms with Crippen LogP contribution in [0.1, 0.15) is 46.4 Å². The Balaban J connectivity index is 1.54. The number of carbonyl (C=O) groups excluding carboxylic acids is 1. The third-order valence-electron chi connectivity index (χ3n) is 6.99. The average molecular weight is 512 g/mol. The van der Waals surface area contributed by atoms with Gasteiger partial charge >= 0.3 is 5.97 Å². The predicted octanol–water partition coefficient (Wildman–Crippen LogP) is 5.66. The molecule has 2 N–H and O–H groups in total. The summed E-state index contributed by atoms with van der Waals surface area (Å²) in [5.74, 6) is -0.0158. The highest BCUT2D eigenvalue weighted by molar-refractivity contribution is 7.10. The van der Waals surface area contributed by atoms with Crippen molar-refractivity contribution in [3.05, 3.63) is 105 Å². The topological polar surface area (TPSA) is 93.5 Å². The number of thiophene rings is 1. The van der Waals surface area contributed by atoms with E-state index >= 15 is 0 Å². The van der Waals surface area contributed by atoms with E-state index in [0.717, 1.165) is 34.0 Å². The number of carbonyl (C=O) groups is 2. The lowest BCUT2D eigenvalue weighted by Crippen LogP contribution is -2.30. The normalized spacial score (nSPS) is 18.7. The molecule has 2 aliphatic rings. The van der Waals surface area contributed by atoms with Crippen LogP contribution in [0.15, 0.2) is 83.4 Å². The molecule has 6 rings (SSSR count). The van der Waals surface area contributed by atoms with Gasteiger partial charge in [0.05, 0.1) is 11.4 Å². The standard InChI is InChI=1S/C29H25N3O4S/c1-17-26-27(20-10-5-6-11-23(20)36-16-25(34)35)28-21(14-18(15-22(28)33)24-12-7-13-37-24)30-29(26)32(31-17)19-8-3-2-4-9-19/h2-13,18,27,30H,14-16H2,1H3,(H,34,35). The van der Waals surface area contributed by atoms with E-state index in [9.17, 15) is 14.7 Å². The van der Waals surface area contributed by atoms with Gasteiger partial charge in [0.1, 0.15) is 11.6 Å². The first kappa shape index (κ1) is 23.2. The zero-order valence-electron chi connectivity index (χ0n) is 20.2. The third-order valence-corrected chi connectivity index (χ3v) is 8.02. The van der Waals surface area contributed by atoms with Gasteiger partial charge in [0.15, 0.2) is 12.4 Å². The van der Waals surface area contributed by atoms with Crippen molar-refractivity contribution in [2.24, 2.45) is 0 Å². The molecule has 2 aromatic carbocycles. The Hall–Kier alpha value is -4.17. The number of para-hydroxylation sites is 2. The van der Waals surface area contributed by atoms with Gasteiger partial charge in [-0.2, -0.15) is 5.10 Å². The van der Waals surface area contributed by atoms with Gasteiger partial charge in [-0.3, -0.25) is 4.79 Å². The number of nitrogens with one attached hydrogen (secondary N) is 1. The summed E-state index contributed by atoms with van der Waals surface area (Å²) in [4.78, 5) is 26.3. The van der Waals surface area contributed by atoms with E-state index in [0.29, 0.717) is 24.2 Å². The molecule has 1 aliphatic heterocycles. The molecule has 0 saturated carbocycles. The van der Waals surface area contributed by atoms with Crippen molar-refractivity contribution in [1.29, 1.82) is 0 Å². The van der Waals surface area contributed by atoms with Gasteiger partial charge in [0.2, 0.25) is 0 Å². The first-order chi connectivity index (χ1) is 18.0. The molecular weight excluding hydrogens is 486 g/mol. The van der Waals surface area contributed by atoms with Crippen molar-refractivity contribution >= 4 is 28.9 Å². The number of aromatic nitrogens is 2. The van der Waals surface area contributed by atoms with Crippen LogP contribution in [-0.2, 0) is 9.59 Å². The third kappa shape index (κ3) is 4.13. The Morgan fingerprint density at radius 3 is 2.65 bits per heavy atom. The molecule has 186 valence electrons. The van der Waals surface area contributed by atoms with E-state index in [1.807, 2.05) is 71.6 Å². The summed E-state index contributed by atoms with van der Waals surface area (Å²) in [5.41, 5.74) is 4.97. The molecule has 2 unspecified atom stereocenters. The summed E-state index contributed by atoms with van der Waals surface area (Å²) in [6, 6.07) is 21.4. The number of rotatable bonds is 6. The lowest BCUT2D eigenvalue weighted by Gasteiger charge is -2.36. The molecule has 0 amide bonds. The van der Waals surface area contributed by atoms with Crippen molar-refractivity contribution in [2.45, 2.75) is 31.6 Å². The molecule has 0 spiro atoms. The van der Waals surface area contributed by atoms with Gasteiger partial charge in [-0.05, 0) is 43.0 Å². The molecular formula is C29H25N3O4S. The van der Waals surface area contributed by atoms with Crippen molar-refractivity contribution in [1.82, 2.24) is 9.78 Å². The predicted molar refractivity (Wildman–Crippen MR) is 142 cm³/mol. The molecule has 2 aromatic heterocycles. The maximum atomic E-state index is 13.8. The van der Waals surface area contributed by atoms with E-state index in [1.54, 1.807) is 17.4 Å². The van der Waals surface area contributed by atoms with Crippen LogP contribution in [0, 0.1) is 6.92 Å². The lowest BCUT2D eigenvalue weighted by atomic mass is 9.73. The van der Waals surface area contributed by atoms with E-state index in [4.69, 9.17) is 9.84 Å². The van der Waals surface area contributed by atoms with Crippen LogP contribution in [0.4, 0.5) is 5.82 Å². The fraction of sp³-hybridized carbons (Fsp3) is 0.207. The van der Waals surface area contributed by atoms with E-state index in [2.05, 4.69) is 11.4 Å². The van der Waals surface area contributed by atoms with Crippen LogP contribution < -0.4 is 10.1 Å². The lowest BCUT2D eigenvalue weighted by molar-refractivity contribution is -0.139. The molecule has 0 saturated heterocycles. The highest BCUT2D eigenvalue weighted by Crippen LogP contribution is 2.51. The van der Waals surface area contributed by atoms with Crippen molar-refractivity contribution in [2.75, 3.05) is 11.9 Å². The fourth-order valence-electron chi connectivity index (χ4n) is 5.46. The van der Waals surface area contributed by atoms with Gasteiger partial charge in [0.25, 0.3) is 0 Å². The minimum absolute atomic E-state index is 0.0858. The van der Waals surface area contributed by atoms with Gasteiger partial charge in [0, 0.05) is 45.5 Å². The number of ether oxygens (including phenoxy) is 1. The minimum atomic E-state index is -1.05. The number of hydrogen-bond acceptors (Lipinski definition) is 6. The molecule has 7 nitrogen and oxygen atoms in total. The van der Waals surface area contributed by atoms with Crippen molar-refractivity contribution in [3.63, 3.8) is 0 Å².